The molecule has 0 unspecified atom stereocenters. The van der Waals surface area contributed by atoms with Gasteiger partial charge in [-0.2, -0.15) is 17.5 Å². The number of nitrogens with one attached hydrogen (secondary N) is 1. The molecule has 0 saturated carbocycles. The van der Waals surface area contributed by atoms with Gasteiger partial charge in [0.05, 0.1) is 5.56 Å². The normalized spacial score (nSPS) is 19.7. The van der Waals surface area contributed by atoms with Gasteiger partial charge in [0, 0.05) is 36.9 Å². The van der Waals surface area contributed by atoms with Gasteiger partial charge in [0.15, 0.2) is 5.03 Å². The van der Waals surface area contributed by atoms with E-state index in [0.29, 0.717) is 18.9 Å². The zero-order valence-corrected chi connectivity index (χ0v) is 15.1. The summed E-state index contributed by atoms with van der Waals surface area (Å²) in [5.74, 6) is 0. The third-order valence-corrected chi connectivity index (χ3v) is 7.26. The van der Waals surface area contributed by atoms with Gasteiger partial charge in [-0.25, -0.2) is 13.4 Å². The number of fused-ring (bicyclic) bond motifs is 2. The summed E-state index contributed by atoms with van der Waals surface area (Å²) in [6, 6.07) is 9.33. The molecule has 1 spiro atoms. The third kappa shape index (κ3) is 3.08. The molecule has 0 radical (unpaired) electrons. The first-order valence-electron chi connectivity index (χ1n) is 8.59. The van der Waals surface area contributed by atoms with Crippen LogP contribution in [-0.4, -0.2) is 37.3 Å². The summed E-state index contributed by atoms with van der Waals surface area (Å²) >= 11 is 0. The summed E-state index contributed by atoms with van der Waals surface area (Å²) in [4.78, 5) is 3.68. The highest BCUT2D eigenvalue weighted by molar-refractivity contribution is 7.89. The summed E-state index contributed by atoms with van der Waals surface area (Å²) in [6.45, 7) is 1.23. The number of sulfonamides is 1. The van der Waals surface area contributed by atoms with E-state index in [0.717, 1.165) is 24.5 Å². The van der Waals surface area contributed by atoms with Crippen LogP contribution in [-0.2, 0) is 21.6 Å². The van der Waals surface area contributed by atoms with Crippen molar-refractivity contribution in [1.29, 1.82) is 0 Å². The highest BCUT2D eigenvalue weighted by atomic mass is 32.2. The first kappa shape index (κ1) is 18.2. The average Bonchev–Trinajstić information content (AvgIpc) is 3.00. The van der Waals surface area contributed by atoms with Crippen LogP contribution >= 0.6 is 0 Å². The smallest absolute Gasteiger partial charge is 0.384 e. The van der Waals surface area contributed by atoms with Crippen molar-refractivity contribution in [3.8, 4) is 0 Å². The SMILES string of the molecule is O=S(=O)(c1cc(C(F)(F)F)ccn1)N1CCC2(CC1)CNc1ccccc12. The molecule has 144 valence electrons. The van der Waals surface area contributed by atoms with Crippen molar-refractivity contribution in [1.82, 2.24) is 9.29 Å². The molecule has 1 aromatic heterocycles. The van der Waals surface area contributed by atoms with Gasteiger partial charge in [-0.3, -0.25) is 0 Å². The van der Waals surface area contributed by atoms with E-state index in [1.54, 1.807) is 0 Å². The number of rotatable bonds is 2. The van der Waals surface area contributed by atoms with Crippen LogP contribution in [0.4, 0.5) is 18.9 Å². The molecule has 2 aliphatic rings. The topological polar surface area (TPSA) is 62.3 Å². The van der Waals surface area contributed by atoms with Crippen LogP contribution in [0.2, 0.25) is 0 Å². The minimum atomic E-state index is -4.61. The van der Waals surface area contributed by atoms with Crippen molar-refractivity contribution in [3.63, 3.8) is 0 Å². The van der Waals surface area contributed by atoms with Crippen molar-refractivity contribution < 1.29 is 21.6 Å². The second-order valence-electron chi connectivity index (χ2n) is 6.96. The van der Waals surface area contributed by atoms with Crippen LogP contribution in [0.15, 0.2) is 47.6 Å². The quantitative estimate of drug-likeness (QED) is 0.845. The second-order valence-corrected chi connectivity index (χ2v) is 8.85. The standard InChI is InChI=1S/C18H18F3N3O2S/c19-18(20,21)13-5-8-22-16(11-13)27(25,26)24-9-6-17(7-10-24)12-23-15-4-2-1-3-14(15)17/h1-5,8,11,23H,6-7,9-10,12H2. The monoisotopic (exact) mass is 397 g/mol. The first-order chi connectivity index (χ1) is 12.7. The number of anilines is 1. The highest BCUT2D eigenvalue weighted by Crippen LogP contribution is 2.44. The number of benzene rings is 1. The van der Waals surface area contributed by atoms with Gasteiger partial charge in [-0.05, 0) is 36.6 Å². The van der Waals surface area contributed by atoms with Crippen LogP contribution in [0, 0.1) is 0 Å². The summed E-state index contributed by atoms with van der Waals surface area (Å²) in [5, 5.41) is 2.81. The van der Waals surface area contributed by atoms with Gasteiger partial charge in [0.2, 0.25) is 0 Å². The zero-order valence-electron chi connectivity index (χ0n) is 14.3. The largest absolute Gasteiger partial charge is 0.416 e. The third-order valence-electron chi connectivity index (χ3n) is 5.46. The lowest BCUT2D eigenvalue weighted by Gasteiger charge is -2.38. The van der Waals surface area contributed by atoms with Crippen molar-refractivity contribution in [3.05, 3.63) is 53.7 Å². The molecule has 5 nitrogen and oxygen atoms in total. The summed E-state index contributed by atoms with van der Waals surface area (Å²) in [5.41, 5.74) is 1.09. The van der Waals surface area contributed by atoms with Gasteiger partial charge in [-0.1, -0.05) is 18.2 Å². The molecule has 2 aliphatic heterocycles. The van der Waals surface area contributed by atoms with Crippen molar-refractivity contribution in [2.24, 2.45) is 0 Å². The Bertz CT molecular complexity index is 968. The van der Waals surface area contributed by atoms with E-state index in [1.165, 1.54) is 9.87 Å². The maximum atomic E-state index is 12.9. The molecular weight excluding hydrogens is 379 g/mol. The number of halogens is 3. The van der Waals surface area contributed by atoms with Crippen molar-refractivity contribution >= 4 is 15.7 Å². The first-order valence-corrected chi connectivity index (χ1v) is 10.0. The molecule has 1 N–H and O–H groups in total. The van der Waals surface area contributed by atoms with E-state index in [9.17, 15) is 21.6 Å². The Labute approximate surface area is 155 Å². The van der Waals surface area contributed by atoms with E-state index in [2.05, 4.69) is 10.3 Å². The van der Waals surface area contributed by atoms with E-state index >= 15 is 0 Å². The van der Waals surface area contributed by atoms with Gasteiger partial charge in [0.1, 0.15) is 0 Å². The number of piperidine rings is 1. The number of para-hydroxylation sites is 1. The van der Waals surface area contributed by atoms with Crippen molar-refractivity contribution in [2.45, 2.75) is 29.5 Å². The van der Waals surface area contributed by atoms with Gasteiger partial charge in [-0.15, -0.1) is 0 Å². The number of pyridine rings is 1. The maximum absolute atomic E-state index is 12.9. The fourth-order valence-electron chi connectivity index (χ4n) is 3.92. The molecule has 0 amide bonds. The summed E-state index contributed by atoms with van der Waals surface area (Å²) < 4.78 is 65.5. The van der Waals surface area contributed by atoms with E-state index in [4.69, 9.17) is 0 Å². The molecule has 2 aromatic rings. The lowest BCUT2D eigenvalue weighted by molar-refractivity contribution is -0.137. The number of alkyl halides is 3. The van der Waals surface area contributed by atoms with E-state index in [-0.39, 0.29) is 18.5 Å². The Balaban J connectivity index is 1.57. The van der Waals surface area contributed by atoms with Crippen LogP contribution in [0.1, 0.15) is 24.0 Å². The molecule has 1 saturated heterocycles. The Kier molecular flexibility index (Phi) is 4.19. The number of hydrogen-bond acceptors (Lipinski definition) is 4. The zero-order chi connectivity index (χ0) is 19.3. The lowest BCUT2D eigenvalue weighted by Crippen LogP contribution is -2.46. The molecular formula is C18H18F3N3O2S. The average molecular weight is 397 g/mol. The number of nitrogens with zero attached hydrogens (tertiary/aromatic N) is 2. The molecule has 0 bridgehead atoms. The molecule has 0 atom stereocenters. The molecule has 3 heterocycles. The van der Waals surface area contributed by atoms with Crippen LogP contribution < -0.4 is 5.32 Å². The van der Waals surface area contributed by atoms with Crippen molar-refractivity contribution in [2.75, 3.05) is 25.0 Å². The fraction of sp³-hybridized carbons (Fsp3) is 0.389. The molecule has 1 fully saturated rings. The summed E-state index contributed by atoms with van der Waals surface area (Å²) in [6.07, 6.45) is -2.51. The highest BCUT2D eigenvalue weighted by Gasteiger charge is 2.44. The maximum Gasteiger partial charge on any atom is 0.416 e. The van der Waals surface area contributed by atoms with Gasteiger partial charge >= 0.3 is 6.18 Å². The molecule has 27 heavy (non-hydrogen) atoms. The Morgan fingerprint density at radius 2 is 1.81 bits per heavy atom. The molecule has 9 heteroatoms. The second kappa shape index (κ2) is 6.20. The minimum Gasteiger partial charge on any atom is -0.384 e. The van der Waals surface area contributed by atoms with Crippen LogP contribution in [0.5, 0.6) is 0 Å². The van der Waals surface area contributed by atoms with Gasteiger partial charge in [0.25, 0.3) is 10.0 Å². The number of aromatic nitrogens is 1. The van der Waals surface area contributed by atoms with E-state index < -0.39 is 26.8 Å². The fourth-order valence-corrected chi connectivity index (χ4v) is 5.32. The molecule has 1 aromatic carbocycles. The Morgan fingerprint density at radius 1 is 1.11 bits per heavy atom. The number of hydrogen-bond donors (Lipinski definition) is 1. The Hall–Kier alpha value is -2.13. The molecule has 0 aliphatic carbocycles. The predicted molar refractivity (Wildman–Crippen MR) is 93.8 cm³/mol. The van der Waals surface area contributed by atoms with Crippen LogP contribution in [0.25, 0.3) is 0 Å². The lowest BCUT2D eigenvalue weighted by atomic mass is 9.75. The summed E-state index contributed by atoms with van der Waals surface area (Å²) in [7, 11) is -4.07. The Morgan fingerprint density at radius 3 is 2.52 bits per heavy atom. The van der Waals surface area contributed by atoms with E-state index in [1.807, 2.05) is 24.3 Å². The minimum absolute atomic E-state index is 0.135. The predicted octanol–water partition coefficient (Wildman–Crippen LogP) is 3.25. The van der Waals surface area contributed by atoms with Gasteiger partial charge < -0.3 is 5.32 Å². The molecule has 4 rings (SSSR count). The van der Waals surface area contributed by atoms with Crippen LogP contribution in [0.3, 0.4) is 0 Å².